The van der Waals surface area contributed by atoms with Gasteiger partial charge in [-0.15, -0.1) is 11.3 Å². The summed E-state index contributed by atoms with van der Waals surface area (Å²) in [6, 6.07) is 0.457. The predicted molar refractivity (Wildman–Crippen MR) is 101 cm³/mol. The first-order valence-electron chi connectivity index (χ1n) is 9.49. The van der Waals surface area contributed by atoms with Crippen LogP contribution in [0.3, 0.4) is 0 Å². The average Bonchev–Trinajstić information content (AvgIpc) is 3.05. The van der Waals surface area contributed by atoms with Crippen LogP contribution in [-0.4, -0.2) is 39.7 Å². The smallest absolute Gasteiger partial charge is 0.410 e. The zero-order valence-corrected chi connectivity index (χ0v) is 16.5. The molecule has 1 aliphatic heterocycles. The molecule has 3 rings (SSSR count). The molecule has 0 radical (unpaired) electrons. The molecule has 1 spiro atoms. The van der Waals surface area contributed by atoms with Crippen molar-refractivity contribution in [3.05, 3.63) is 16.6 Å². The first-order valence-corrected chi connectivity index (χ1v) is 10.4. The van der Waals surface area contributed by atoms with Crippen molar-refractivity contribution in [2.45, 2.75) is 89.4 Å². The molecular weight excluding hydrogens is 334 g/mol. The van der Waals surface area contributed by atoms with E-state index in [0.29, 0.717) is 6.04 Å². The maximum atomic E-state index is 12.8. The SMILES string of the molecule is CC(C)(C)OC(=O)N1CCC(NCc2cncs2)CC12CCCCC2. The molecule has 140 valence electrons. The summed E-state index contributed by atoms with van der Waals surface area (Å²) in [5.41, 5.74) is 1.42. The van der Waals surface area contributed by atoms with E-state index in [0.717, 1.165) is 38.8 Å². The summed E-state index contributed by atoms with van der Waals surface area (Å²) in [6.45, 7) is 7.50. The van der Waals surface area contributed by atoms with Crippen LogP contribution in [0.25, 0.3) is 0 Å². The molecule has 0 aromatic carbocycles. The van der Waals surface area contributed by atoms with Gasteiger partial charge in [0.25, 0.3) is 0 Å². The number of aromatic nitrogens is 1. The van der Waals surface area contributed by atoms with Crippen LogP contribution in [0.5, 0.6) is 0 Å². The van der Waals surface area contributed by atoms with E-state index in [2.05, 4.69) is 15.2 Å². The number of hydrogen-bond donors (Lipinski definition) is 1. The topological polar surface area (TPSA) is 54.5 Å². The van der Waals surface area contributed by atoms with Crippen LogP contribution in [0, 0.1) is 0 Å². The van der Waals surface area contributed by atoms with Crippen LogP contribution >= 0.6 is 11.3 Å². The lowest BCUT2D eigenvalue weighted by atomic mass is 9.73. The molecule has 1 N–H and O–H groups in total. The van der Waals surface area contributed by atoms with Gasteiger partial charge in [0, 0.05) is 35.7 Å². The zero-order chi connectivity index (χ0) is 17.9. The van der Waals surface area contributed by atoms with Gasteiger partial charge < -0.3 is 15.0 Å². The van der Waals surface area contributed by atoms with E-state index < -0.39 is 5.60 Å². The number of carbonyl (C=O) groups excluding carboxylic acids is 1. The zero-order valence-electron chi connectivity index (χ0n) is 15.7. The van der Waals surface area contributed by atoms with Gasteiger partial charge in [0.2, 0.25) is 0 Å². The van der Waals surface area contributed by atoms with E-state index in [1.165, 1.54) is 24.1 Å². The Morgan fingerprint density at radius 2 is 2.16 bits per heavy atom. The molecule has 2 aliphatic rings. The third-order valence-corrected chi connectivity index (χ3v) is 6.13. The molecule has 1 unspecified atom stereocenters. The maximum Gasteiger partial charge on any atom is 0.410 e. The van der Waals surface area contributed by atoms with Crippen molar-refractivity contribution in [3.8, 4) is 0 Å². The molecular formula is C19H31N3O2S. The molecule has 1 aromatic rings. The largest absolute Gasteiger partial charge is 0.444 e. The number of rotatable bonds is 3. The van der Waals surface area contributed by atoms with Crippen LogP contribution in [0.15, 0.2) is 11.7 Å². The van der Waals surface area contributed by atoms with Crippen molar-refractivity contribution in [3.63, 3.8) is 0 Å². The van der Waals surface area contributed by atoms with E-state index in [9.17, 15) is 4.79 Å². The summed E-state index contributed by atoms with van der Waals surface area (Å²) in [5, 5.41) is 3.69. The monoisotopic (exact) mass is 365 g/mol. The summed E-state index contributed by atoms with van der Waals surface area (Å²) in [5.74, 6) is 0. The number of piperidine rings is 1. The number of ether oxygens (including phenoxy) is 1. The Kier molecular flexibility index (Phi) is 5.68. The van der Waals surface area contributed by atoms with Crippen molar-refractivity contribution < 1.29 is 9.53 Å². The Morgan fingerprint density at radius 1 is 1.40 bits per heavy atom. The highest BCUT2D eigenvalue weighted by Crippen LogP contribution is 2.41. The Hall–Kier alpha value is -1.14. The van der Waals surface area contributed by atoms with E-state index in [1.54, 1.807) is 11.3 Å². The fraction of sp³-hybridized carbons (Fsp3) is 0.789. The number of likely N-dealkylation sites (tertiary alicyclic amines) is 1. The molecule has 6 heteroatoms. The number of carbonyl (C=O) groups is 1. The molecule has 25 heavy (non-hydrogen) atoms. The van der Waals surface area contributed by atoms with Gasteiger partial charge in [0.1, 0.15) is 5.60 Å². The van der Waals surface area contributed by atoms with Crippen molar-refractivity contribution in [2.24, 2.45) is 0 Å². The molecule has 1 aliphatic carbocycles. The number of hydrogen-bond acceptors (Lipinski definition) is 5. The van der Waals surface area contributed by atoms with E-state index in [4.69, 9.17) is 4.74 Å². The van der Waals surface area contributed by atoms with Gasteiger partial charge in [-0.05, 0) is 46.5 Å². The molecule has 2 fully saturated rings. The molecule has 2 heterocycles. The highest BCUT2D eigenvalue weighted by atomic mass is 32.1. The number of thiazole rings is 1. The van der Waals surface area contributed by atoms with Crippen molar-refractivity contribution in [2.75, 3.05) is 6.54 Å². The van der Waals surface area contributed by atoms with E-state index in [-0.39, 0.29) is 11.6 Å². The van der Waals surface area contributed by atoms with Crippen LogP contribution in [0.1, 0.15) is 70.6 Å². The predicted octanol–water partition coefficient (Wildman–Crippen LogP) is 4.34. The summed E-state index contributed by atoms with van der Waals surface area (Å²) in [4.78, 5) is 20.3. The second-order valence-corrected chi connectivity index (χ2v) is 9.43. The summed E-state index contributed by atoms with van der Waals surface area (Å²) in [6.07, 6.45) is 9.73. The van der Waals surface area contributed by atoms with Gasteiger partial charge in [-0.2, -0.15) is 0 Å². The third-order valence-electron chi connectivity index (χ3n) is 5.35. The Labute approximate surface area is 155 Å². The van der Waals surface area contributed by atoms with Crippen molar-refractivity contribution >= 4 is 17.4 Å². The first-order chi connectivity index (χ1) is 11.9. The highest BCUT2D eigenvalue weighted by molar-refractivity contribution is 7.09. The third kappa shape index (κ3) is 4.73. The molecule has 1 atom stereocenters. The first kappa shape index (κ1) is 18.6. The Bertz CT molecular complexity index is 562. The highest BCUT2D eigenvalue weighted by Gasteiger charge is 2.46. The minimum absolute atomic E-state index is 0.0236. The fourth-order valence-corrected chi connectivity index (χ4v) is 4.77. The van der Waals surface area contributed by atoms with Gasteiger partial charge in [-0.3, -0.25) is 4.98 Å². The maximum absolute atomic E-state index is 12.8. The van der Waals surface area contributed by atoms with E-state index in [1.807, 2.05) is 32.5 Å². The van der Waals surface area contributed by atoms with Crippen LogP contribution in [0.2, 0.25) is 0 Å². The molecule has 0 bridgehead atoms. The second kappa shape index (κ2) is 7.62. The lowest BCUT2D eigenvalue weighted by Crippen LogP contribution is -2.61. The number of nitrogens with zero attached hydrogens (tertiary/aromatic N) is 2. The molecule has 1 amide bonds. The lowest BCUT2D eigenvalue weighted by Gasteiger charge is -2.51. The van der Waals surface area contributed by atoms with Gasteiger partial charge in [0.05, 0.1) is 5.51 Å². The standard InChI is InChI=1S/C19H31N3O2S/c1-18(2,3)24-17(23)22-10-7-15(21-13-16-12-20-14-25-16)11-19(22)8-5-4-6-9-19/h12,14-15,21H,4-11,13H2,1-3H3. The van der Waals surface area contributed by atoms with E-state index >= 15 is 0 Å². The average molecular weight is 366 g/mol. The van der Waals surface area contributed by atoms with Gasteiger partial charge >= 0.3 is 6.09 Å². The van der Waals surface area contributed by atoms with Crippen molar-refractivity contribution in [1.29, 1.82) is 0 Å². The van der Waals surface area contributed by atoms with Crippen LogP contribution in [-0.2, 0) is 11.3 Å². The second-order valence-electron chi connectivity index (χ2n) is 8.46. The van der Waals surface area contributed by atoms with Crippen molar-refractivity contribution in [1.82, 2.24) is 15.2 Å². The Balaban J connectivity index is 1.67. The fourth-order valence-electron chi connectivity index (χ4n) is 4.23. The molecule has 1 aromatic heterocycles. The summed E-state index contributed by atoms with van der Waals surface area (Å²) < 4.78 is 5.72. The van der Waals surface area contributed by atoms with Crippen LogP contribution < -0.4 is 5.32 Å². The number of amides is 1. The molecule has 1 saturated carbocycles. The summed E-state index contributed by atoms with van der Waals surface area (Å²) in [7, 11) is 0. The van der Waals surface area contributed by atoms with Gasteiger partial charge in [-0.25, -0.2) is 4.79 Å². The van der Waals surface area contributed by atoms with Gasteiger partial charge in [0.15, 0.2) is 0 Å². The lowest BCUT2D eigenvalue weighted by molar-refractivity contribution is -0.0331. The normalized spacial score (nSPS) is 23.6. The van der Waals surface area contributed by atoms with Crippen LogP contribution in [0.4, 0.5) is 4.79 Å². The molecule has 1 saturated heterocycles. The summed E-state index contributed by atoms with van der Waals surface area (Å²) >= 11 is 1.69. The minimum Gasteiger partial charge on any atom is -0.444 e. The quantitative estimate of drug-likeness (QED) is 0.866. The number of nitrogens with one attached hydrogen (secondary N) is 1. The minimum atomic E-state index is -0.436. The molecule has 5 nitrogen and oxygen atoms in total. The van der Waals surface area contributed by atoms with Gasteiger partial charge in [-0.1, -0.05) is 19.3 Å². The Morgan fingerprint density at radius 3 is 2.80 bits per heavy atom.